The number of H-pyrrole nitrogens is 1. The lowest BCUT2D eigenvalue weighted by Gasteiger charge is -2.11. The summed E-state index contributed by atoms with van der Waals surface area (Å²) in [5.41, 5.74) is 1.30. The molecule has 1 amide bonds. The van der Waals surface area contributed by atoms with Crippen molar-refractivity contribution >= 4 is 11.6 Å². The fourth-order valence-corrected chi connectivity index (χ4v) is 1.86. The molecule has 1 heterocycles. The number of pyridine rings is 1. The lowest BCUT2D eigenvalue weighted by Crippen LogP contribution is -2.17. The van der Waals surface area contributed by atoms with Crippen LogP contribution in [0.3, 0.4) is 0 Å². The third-order valence-electron chi connectivity index (χ3n) is 2.94. The predicted octanol–water partition coefficient (Wildman–Crippen LogP) is 1.95. The first-order valence-corrected chi connectivity index (χ1v) is 6.28. The van der Waals surface area contributed by atoms with Crippen LogP contribution in [0.4, 0.5) is 5.69 Å². The number of ether oxygens (including phenoxy) is 2. The van der Waals surface area contributed by atoms with E-state index in [1.54, 1.807) is 12.1 Å². The summed E-state index contributed by atoms with van der Waals surface area (Å²) in [6, 6.07) is 6.63. The summed E-state index contributed by atoms with van der Waals surface area (Å²) in [5.74, 6) is 0.267. The number of hydrogen-bond acceptors (Lipinski definition) is 4. The van der Waals surface area contributed by atoms with Crippen LogP contribution in [-0.2, 0) is 0 Å². The summed E-state index contributed by atoms with van der Waals surface area (Å²) in [7, 11) is 2.91. The van der Waals surface area contributed by atoms with Crippen molar-refractivity contribution in [2.24, 2.45) is 0 Å². The fourth-order valence-electron chi connectivity index (χ4n) is 1.86. The Balaban J connectivity index is 2.28. The molecule has 0 aliphatic heterocycles. The molecular formula is C15H16N2O4. The van der Waals surface area contributed by atoms with Gasteiger partial charge in [0, 0.05) is 12.3 Å². The minimum atomic E-state index is -0.432. The first kappa shape index (κ1) is 14.6. The maximum absolute atomic E-state index is 12.2. The van der Waals surface area contributed by atoms with Gasteiger partial charge in [-0.25, -0.2) is 0 Å². The molecule has 0 aliphatic rings. The van der Waals surface area contributed by atoms with Crippen molar-refractivity contribution in [2.75, 3.05) is 19.5 Å². The van der Waals surface area contributed by atoms with Gasteiger partial charge in [-0.05, 0) is 24.6 Å². The zero-order valence-corrected chi connectivity index (χ0v) is 12.0. The molecule has 21 heavy (non-hydrogen) atoms. The van der Waals surface area contributed by atoms with Gasteiger partial charge in [0.05, 0.1) is 19.9 Å². The van der Waals surface area contributed by atoms with E-state index in [0.29, 0.717) is 11.4 Å². The topological polar surface area (TPSA) is 80.4 Å². The van der Waals surface area contributed by atoms with Gasteiger partial charge in [0.25, 0.3) is 5.91 Å². The van der Waals surface area contributed by atoms with Crippen molar-refractivity contribution in [2.45, 2.75) is 6.92 Å². The van der Waals surface area contributed by atoms with Crippen LogP contribution in [0.2, 0.25) is 0 Å². The highest BCUT2D eigenvalue weighted by Gasteiger charge is 2.12. The molecule has 0 unspecified atom stereocenters. The van der Waals surface area contributed by atoms with E-state index in [1.165, 1.54) is 26.5 Å². The molecule has 0 spiro atoms. The normalized spacial score (nSPS) is 10.0. The average molecular weight is 288 g/mol. The Kier molecular flexibility index (Phi) is 4.27. The Morgan fingerprint density at radius 3 is 2.48 bits per heavy atom. The van der Waals surface area contributed by atoms with E-state index in [-0.39, 0.29) is 16.9 Å². The van der Waals surface area contributed by atoms with Crippen molar-refractivity contribution < 1.29 is 14.3 Å². The SMILES string of the molecule is COc1ccc(C)cc1NC(=O)c1cc(=O)c(OC)c[nH]1. The van der Waals surface area contributed by atoms with E-state index >= 15 is 0 Å². The van der Waals surface area contributed by atoms with Crippen LogP contribution < -0.4 is 20.2 Å². The second-order valence-electron chi connectivity index (χ2n) is 4.44. The van der Waals surface area contributed by atoms with Gasteiger partial charge in [0.15, 0.2) is 5.75 Å². The average Bonchev–Trinajstić information content (AvgIpc) is 2.47. The molecule has 1 aromatic heterocycles. The number of rotatable bonds is 4. The van der Waals surface area contributed by atoms with E-state index in [2.05, 4.69) is 10.3 Å². The quantitative estimate of drug-likeness (QED) is 0.901. The third kappa shape index (κ3) is 3.22. The second kappa shape index (κ2) is 6.13. The fraction of sp³-hybridized carbons (Fsp3) is 0.200. The van der Waals surface area contributed by atoms with E-state index in [9.17, 15) is 9.59 Å². The number of aryl methyl sites for hydroxylation is 1. The number of hydrogen-bond donors (Lipinski definition) is 2. The van der Waals surface area contributed by atoms with Crippen LogP contribution in [0.5, 0.6) is 11.5 Å². The van der Waals surface area contributed by atoms with Gasteiger partial charge in [-0.1, -0.05) is 6.07 Å². The maximum atomic E-state index is 12.2. The highest BCUT2D eigenvalue weighted by atomic mass is 16.5. The molecule has 0 atom stereocenters. The Morgan fingerprint density at radius 2 is 1.86 bits per heavy atom. The maximum Gasteiger partial charge on any atom is 0.272 e. The molecule has 6 nitrogen and oxygen atoms in total. The number of anilines is 1. The number of aromatic nitrogens is 1. The summed E-state index contributed by atoms with van der Waals surface area (Å²) >= 11 is 0. The Labute approximate surface area is 121 Å². The summed E-state index contributed by atoms with van der Waals surface area (Å²) < 4.78 is 10.0. The molecule has 2 aromatic rings. The number of benzene rings is 1. The molecule has 0 bridgehead atoms. The predicted molar refractivity (Wildman–Crippen MR) is 79.3 cm³/mol. The van der Waals surface area contributed by atoms with Crippen LogP contribution in [0.1, 0.15) is 16.1 Å². The van der Waals surface area contributed by atoms with Crippen LogP contribution >= 0.6 is 0 Å². The molecule has 0 saturated heterocycles. The van der Waals surface area contributed by atoms with Crippen molar-refractivity contribution in [1.82, 2.24) is 4.98 Å². The number of aromatic amines is 1. The first-order valence-electron chi connectivity index (χ1n) is 6.28. The number of amides is 1. The van der Waals surface area contributed by atoms with Gasteiger partial charge in [0.1, 0.15) is 11.4 Å². The number of nitrogens with one attached hydrogen (secondary N) is 2. The summed E-state index contributed by atoms with van der Waals surface area (Å²) in [6.07, 6.45) is 1.35. The second-order valence-corrected chi connectivity index (χ2v) is 4.44. The molecule has 0 fully saturated rings. The lowest BCUT2D eigenvalue weighted by atomic mass is 10.2. The Bertz CT molecular complexity index is 722. The highest BCUT2D eigenvalue weighted by Crippen LogP contribution is 2.25. The summed E-state index contributed by atoms with van der Waals surface area (Å²) in [5, 5.41) is 2.71. The lowest BCUT2D eigenvalue weighted by molar-refractivity contribution is 0.102. The van der Waals surface area contributed by atoms with Gasteiger partial charge in [-0.2, -0.15) is 0 Å². The largest absolute Gasteiger partial charge is 0.495 e. The van der Waals surface area contributed by atoms with Gasteiger partial charge in [0.2, 0.25) is 5.43 Å². The molecule has 0 saturated carbocycles. The smallest absolute Gasteiger partial charge is 0.272 e. The van der Waals surface area contributed by atoms with Crippen molar-refractivity contribution in [3.05, 3.63) is 51.9 Å². The summed E-state index contributed by atoms with van der Waals surface area (Å²) in [4.78, 5) is 26.5. The van der Waals surface area contributed by atoms with Gasteiger partial charge in [-0.15, -0.1) is 0 Å². The molecular weight excluding hydrogens is 272 g/mol. The van der Waals surface area contributed by atoms with E-state index in [1.807, 2.05) is 13.0 Å². The minimum Gasteiger partial charge on any atom is -0.495 e. The molecule has 0 radical (unpaired) electrons. The van der Waals surface area contributed by atoms with Crippen molar-refractivity contribution in [3.63, 3.8) is 0 Å². The van der Waals surface area contributed by atoms with Crippen molar-refractivity contribution in [3.8, 4) is 11.5 Å². The van der Waals surface area contributed by atoms with Crippen molar-refractivity contribution in [1.29, 1.82) is 0 Å². The van der Waals surface area contributed by atoms with Crippen LogP contribution in [0.15, 0.2) is 35.3 Å². The first-order chi connectivity index (χ1) is 10.0. The standard InChI is InChI=1S/C15H16N2O4/c1-9-4-5-13(20-2)10(6-9)17-15(19)11-7-12(18)14(21-3)8-16-11/h4-8H,1-3H3,(H,16,18)(H,17,19). The molecule has 110 valence electrons. The Hall–Kier alpha value is -2.76. The van der Waals surface area contributed by atoms with Crippen LogP contribution in [0, 0.1) is 6.92 Å². The monoisotopic (exact) mass is 288 g/mol. The van der Waals surface area contributed by atoms with E-state index in [4.69, 9.17) is 9.47 Å². The molecule has 2 rings (SSSR count). The van der Waals surface area contributed by atoms with Gasteiger partial charge in [-0.3, -0.25) is 9.59 Å². The van der Waals surface area contributed by atoms with Crippen LogP contribution in [0.25, 0.3) is 0 Å². The van der Waals surface area contributed by atoms with Crippen LogP contribution in [-0.4, -0.2) is 25.1 Å². The van der Waals surface area contributed by atoms with E-state index in [0.717, 1.165) is 5.56 Å². The molecule has 6 heteroatoms. The number of carbonyl (C=O) groups excluding carboxylic acids is 1. The number of carbonyl (C=O) groups is 1. The third-order valence-corrected chi connectivity index (χ3v) is 2.94. The Morgan fingerprint density at radius 1 is 1.14 bits per heavy atom. The molecule has 0 aliphatic carbocycles. The molecule has 2 N–H and O–H groups in total. The minimum absolute atomic E-state index is 0.143. The number of methoxy groups -OCH3 is 2. The molecule has 1 aromatic carbocycles. The zero-order valence-electron chi connectivity index (χ0n) is 12.0. The van der Waals surface area contributed by atoms with Gasteiger partial charge >= 0.3 is 0 Å². The van der Waals surface area contributed by atoms with E-state index < -0.39 is 5.91 Å². The highest BCUT2D eigenvalue weighted by molar-refractivity contribution is 6.03. The van der Waals surface area contributed by atoms with Gasteiger partial charge < -0.3 is 19.8 Å². The summed E-state index contributed by atoms with van der Waals surface area (Å²) in [6.45, 7) is 1.91. The zero-order chi connectivity index (χ0) is 15.4.